The van der Waals surface area contributed by atoms with Crippen LogP contribution >= 0.6 is 0 Å². The summed E-state index contributed by atoms with van der Waals surface area (Å²) < 4.78 is 0. The van der Waals surface area contributed by atoms with E-state index in [1.165, 1.54) is 16.8 Å². The van der Waals surface area contributed by atoms with Gasteiger partial charge in [0.1, 0.15) is 5.78 Å². The molecule has 0 amide bonds. The minimum atomic E-state index is 0.391. The van der Waals surface area contributed by atoms with Crippen molar-refractivity contribution >= 4 is 11.5 Å². The monoisotopic (exact) mass is 265 g/mol. The smallest absolute Gasteiger partial charge is 0.136 e. The molecule has 1 aliphatic heterocycles. The second-order valence-electron chi connectivity index (χ2n) is 5.32. The fourth-order valence-corrected chi connectivity index (χ4v) is 2.78. The van der Waals surface area contributed by atoms with Crippen LogP contribution in [0.1, 0.15) is 24.0 Å². The van der Waals surface area contributed by atoms with E-state index in [4.69, 9.17) is 0 Å². The molecule has 0 unspecified atom stereocenters. The molecule has 0 aromatic heterocycles. The van der Waals surface area contributed by atoms with Gasteiger partial charge in [-0.15, -0.1) is 0 Å². The fraction of sp³-hybridized carbons (Fsp3) is 0.278. The molecule has 2 aromatic carbocycles. The van der Waals surface area contributed by atoms with Gasteiger partial charge in [-0.25, -0.2) is 0 Å². The van der Waals surface area contributed by atoms with E-state index in [1.807, 2.05) is 6.07 Å². The van der Waals surface area contributed by atoms with Crippen molar-refractivity contribution in [3.63, 3.8) is 0 Å². The lowest BCUT2D eigenvalue weighted by molar-refractivity contribution is -0.119. The van der Waals surface area contributed by atoms with E-state index in [1.54, 1.807) is 0 Å². The molecule has 0 aliphatic carbocycles. The number of benzene rings is 2. The molecule has 0 bridgehead atoms. The zero-order valence-corrected chi connectivity index (χ0v) is 11.6. The normalized spacial score (nSPS) is 15.4. The predicted molar refractivity (Wildman–Crippen MR) is 82.1 cm³/mol. The summed E-state index contributed by atoms with van der Waals surface area (Å²) in [4.78, 5) is 13.7. The summed E-state index contributed by atoms with van der Waals surface area (Å²) in [6.07, 6.45) is 2.31. The highest BCUT2D eigenvalue weighted by molar-refractivity contribution is 5.81. The van der Waals surface area contributed by atoms with Crippen LogP contribution in [-0.2, 0) is 11.2 Å². The Hall–Kier alpha value is -2.09. The van der Waals surface area contributed by atoms with Crippen molar-refractivity contribution in [2.45, 2.75) is 19.3 Å². The van der Waals surface area contributed by atoms with Crippen molar-refractivity contribution in [3.8, 4) is 0 Å². The summed E-state index contributed by atoms with van der Waals surface area (Å²) in [5, 5.41) is 0. The number of rotatable bonds is 3. The lowest BCUT2D eigenvalue weighted by Gasteiger charge is -2.30. The third kappa shape index (κ3) is 2.90. The van der Waals surface area contributed by atoms with Crippen molar-refractivity contribution < 1.29 is 4.79 Å². The Labute approximate surface area is 120 Å². The number of Topliss-reactive ketones (excluding diaryl/α,β-unsaturated/α-hetero) is 1. The first kappa shape index (κ1) is 12.9. The number of ketones is 1. The van der Waals surface area contributed by atoms with Gasteiger partial charge >= 0.3 is 0 Å². The Bertz CT molecular complexity index is 581. The van der Waals surface area contributed by atoms with Crippen LogP contribution in [0, 0.1) is 0 Å². The molecule has 2 aromatic rings. The highest BCUT2D eigenvalue weighted by atomic mass is 16.1. The first-order chi connectivity index (χ1) is 9.83. The summed E-state index contributed by atoms with van der Waals surface area (Å²) >= 11 is 0. The van der Waals surface area contributed by atoms with E-state index in [0.717, 1.165) is 19.5 Å². The van der Waals surface area contributed by atoms with Gasteiger partial charge < -0.3 is 4.90 Å². The maximum atomic E-state index is 11.4. The number of piperidine rings is 1. The molecule has 2 heteroatoms. The maximum absolute atomic E-state index is 11.4. The van der Waals surface area contributed by atoms with Gasteiger partial charge in [0.25, 0.3) is 0 Å². The molecule has 3 rings (SSSR count). The summed E-state index contributed by atoms with van der Waals surface area (Å²) in [6, 6.07) is 19.1. The number of hydrogen-bond acceptors (Lipinski definition) is 2. The Morgan fingerprint density at radius 3 is 2.25 bits per heavy atom. The topological polar surface area (TPSA) is 20.3 Å². The van der Waals surface area contributed by atoms with Crippen molar-refractivity contribution in [3.05, 3.63) is 65.7 Å². The van der Waals surface area contributed by atoms with Gasteiger partial charge in [-0.1, -0.05) is 48.5 Å². The molecule has 1 heterocycles. The van der Waals surface area contributed by atoms with Crippen LogP contribution in [0.3, 0.4) is 0 Å². The zero-order valence-electron chi connectivity index (χ0n) is 11.6. The van der Waals surface area contributed by atoms with Crippen molar-refractivity contribution in [1.29, 1.82) is 0 Å². The van der Waals surface area contributed by atoms with E-state index in [-0.39, 0.29) is 0 Å². The largest absolute Gasteiger partial charge is 0.370 e. The molecule has 1 aliphatic rings. The molecule has 2 nitrogen and oxygen atoms in total. The third-order valence-electron chi connectivity index (χ3n) is 3.89. The molecule has 0 saturated carbocycles. The average molecular weight is 265 g/mol. The number of carbonyl (C=O) groups excluding carboxylic acids is 1. The van der Waals surface area contributed by atoms with E-state index < -0.39 is 0 Å². The number of para-hydroxylation sites is 1. The third-order valence-corrected chi connectivity index (χ3v) is 3.89. The molecule has 0 spiro atoms. The molecular weight excluding hydrogens is 246 g/mol. The Morgan fingerprint density at radius 1 is 0.850 bits per heavy atom. The summed E-state index contributed by atoms with van der Waals surface area (Å²) in [7, 11) is 0. The van der Waals surface area contributed by atoms with Crippen LogP contribution in [0.4, 0.5) is 5.69 Å². The van der Waals surface area contributed by atoms with E-state index >= 15 is 0 Å². The highest BCUT2D eigenvalue weighted by Crippen LogP contribution is 2.25. The van der Waals surface area contributed by atoms with E-state index in [2.05, 4.69) is 53.4 Å². The number of hydrogen-bond donors (Lipinski definition) is 0. The second kappa shape index (κ2) is 5.91. The molecule has 20 heavy (non-hydrogen) atoms. The van der Waals surface area contributed by atoms with Gasteiger partial charge in [-0.3, -0.25) is 4.79 Å². The fourth-order valence-electron chi connectivity index (χ4n) is 2.78. The molecule has 0 atom stereocenters. The van der Waals surface area contributed by atoms with E-state index in [0.29, 0.717) is 18.6 Å². The molecule has 1 fully saturated rings. The molecular formula is C18H19NO. The van der Waals surface area contributed by atoms with Gasteiger partial charge in [0, 0.05) is 31.6 Å². The van der Waals surface area contributed by atoms with Crippen molar-refractivity contribution in [2.24, 2.45) is 0 Å². The SMILES string of the molecule is O=C1CCN(c2ccccc2Cc2ccccc2)CC1. The Kier molecular flexibility index (Phi) is 3.82. The van der Waals surface area contributed by atoms with Crippen molar-refractivity contribution in [2.75, 3.05) is 18.0 Å². The lowest BCUT2D eigenvalue weighted by Crippen LogP contribution is -2.34. The van der Waals surface area contributed by atoms with Gasteiger partial charge in [-0.2, -0.15) is 0 Å². The standard InChI is InChI=1S/C18H19NO/c20-17-10-12-19(13-11-17)18-9-5-4-8-16(18)14-15-6-2-1-3-7-15/h1-9H,10-14H2. The first-order valence-corrected chi connectivity index (χ1v) is 7.21. The van der Waals surface area contributed by atoms with Crippen LogP contribution in [0.15, 0.2) is 54.6 Å². The highest BCUT2D eigenvalue weighted by Gasteiger charge is 2.18. The molecule has 102 valence electrons. The van der Waals surface area contributed by atoms with Crippen molar-refractivity contribution in [1.82, 2.24) is 0 Å². The van der Waals surface area contributed by atoms with E-state index in [9.17, 15) is 4.79 Å². The van der Waals surface area contributed by atoms with Crippen LogP contribution in [0.25, 0.3) is 0 Å². The minimum Gasteiger partial charge on any atom is -0.370 e. The van der Waals surface area contributed by atoms with Crippen LogP contribution < -0.4 is 4.90 Å². The van der Waals surface area contributed by atoms with Crippen LogP contribution in [0.5, 0.6) is 0 Å². The van der Waals surface area contributed by atoms with Gasteiger partial charge in [0.05, 0.1) is 0 Å². The summed E-state index contributed by atoms with van der Waals surface area (Å²) in [6.45, 7) is 1.70. The lowest BCUT2D eigenvalue weighted by atomic mass is 10.0. The quantitative estimate of drug-likeness (QED) is 0.847. The second-order valence-corrected chi connectivity index (χ2v) is 5.32. The number of carbonyl (C=O) groups is 1. The van der Waals surface area contributed by atoms with Crippen LogP contribution in [0.2, 0.25) is 0 Å². The molecule has 1 saturated heterocycles. The van der Waals surface area contributed by atoms with Crippen LogP contribution in [-0.4, -0.2) is 18.9 Å². The average Bonchev–Trinajstić information content (AvgIpc) is 2.50. The maximum Gasteiger partial charge on any atom is 0.136 e. The number of anilines is 1. The zero-order chi connectivity index (χ0) is 13.8. The predicted octanol–water partition coefficient (Wildman–Crippen LogP) is 3.45. The summed E-state index contributed by atoms with van der Waals surface area (Å²) in [5.41, 5.74) is 3.95. The number of nitrogens with zero attached hydrogens (tertiary/aromatic N) is 1. The molecule has 0 N–H and O–H groups in total. The summed E-state index contributed by atoms with van der Waals surface area (Å²) in [5.74, 6) is 0.391. The Morgan fingerprint density at radius 2 is 1.50 bits per heavy atom. The molecule has 0 radical (unpaired) electrons. The minimum absolute atomic E-state index is 0.391. The first-order valence-electron chi connectivity index (χ1n) is 7.21. The van der Waals surface area contributed by atoms with Gasteiger partial charge in [-0.05, 0) is 23.6 Å². The van der Waals surface area contributed by atoms with Gasteiger partial charge in [0.2, 0.25) is 0 Å². The Balaban J connectivity index is 1.83. The van der Waals surface area contributed by atoms with Gasteiger partial charge in [0.15, 0.2) is 0 Å².